The summed E-state index contributed by atoms with van der Waals surface area (Å²) in [5.41, 5.74) is 2.37. The molecular formula is C17H19N5O2S. The highest BCUT2D eigenvalue weighted by atomic mass is 32.2. The molecule has 0 amide bonds. The van der Waals surface area contributed by atoms with Gasteiger partial charge in [0.2, 0.25) is 10.0 Å². The number of hydrogen-bond acceptors (Lipinski definition) is 5. The van der Waals surface area contributed by atoms with Gasteiger partial charge in [-0.3, -0.25) is 4.98 Å². The van der Waals surface area contributed by atoms with E-state index in [1.54, 1.807) is 41.5 Å². The van der Waals surface area contributed by atoms with Crippen LogP contribution in [0.1, 0.15) is 31.0 Å². The summed E-state index contributed by atoms with van der Waals surface area (Å²) in [6, 6.07) is 10.5. The third kappa shape index (κ3) is 4.09. The minimum atomic E-state index is -3.60. The molecule has 0 aliphatic rings. The van der Waals surface area contributed by atoms with Crippen LogP contribution in [0.4, 0.5) is 0 Å². The van der Waals surface area contributed by atoms with E-state index in [4.69, 9.17) is 0 Å². The molecule has 0 aliphatic heterocycles. The van der Waals surface area contributed by atoms with E-state index in [1.807, 2.05) is 18.2 Å². The molecule has 2 aromatic heterocycles. The summed E-state index contributed by atoms with van der Waals surface area (Å²) in [5, 5.41) is 7.97. The van der Waals surface area contributed by atoms with Crippen LogP contribution in [-0.2, 0) is 16.6 Å². The van der Waals surface area contributed by atoms with Gasteiger partial charge in [0.25, 0.3) is 0 Å². The highest BCUT2D eigenvalue weighted by molar-refractivity contribution is 7.89. The van der Waals surface area contributed by atoms with Gasteiger partial charge in [-0.15, -0.1) is 5.10 Å². The monoisotopic (exact) mass is 357 g/mol. The molecule has 1 aromatic carbocycles. The van der Waals surface area contributed by atoms with Crippen LogP contribution in [0.25, 0.3) is 5.69 Å². The summed E-state index contributed by atoms with van der Waals surface area (Å²) in [4.78, 5) is 4.25. The lowest BCUT2D eigenvalue weighted by molar-refractivity contribution is 0.580. The number of pyridine rings is 1. The number of hydrogen-bond donors (Lipinski definition) is 1. The van der Waals surface area contributed by atoms with Gasteiger partial charge in [0, 0.05) is 6.20 Å². The van der Waals surface area contributed by atoms with Crippen molar-refractivity contribution in [3.05, 3.63) is 66.2 Å². The topological polar surface area (TPSA) is 89.8 Å². The van der Waals surface area contributed by atoms with Gasteiger partial charge >= 0.3 is 0 Å². The molecule has 3 rings (SSSR count). The van der Waals surface area contributed by atoms with Crippen molar-refractivity contribution < 1.29 is 8.42 Å². The van der Waals surface area contributed by atoms with Crippen molar-refractivity contribution in [1.29, 1.82) is 0 Å². The van der Waals surface area contributed by atoms with E-state index in [-0.39, 0.29) is 11.4 Å². The van der Waals surface area contributed by atoms with E-state index in [1.165, 1.54) is 0 Å². The highest BCUT2D eigenvalue weighted by Gasteiger charge is 2.15. The van der Waals surface area contributed by atoms with Gasteiger partial charge in [-0.2, -0.15) is 0 Å². The Morgan fingerprint density at radius 3 is 2.56 bits per heavy atom. The van der Waals surface area contributed by atoms with Crippen LogP contribution < -0.4 is 4.72 Å². The first-order valence-electron chi connectivity index (χ1n) is 7.87. The van der Waals surface area contributed by atoms with Crippen LogP contribution in [0.2, 0.25) is 0 Å². The average molecular weight is 357 g/mol. The number of rotatable bonds is 6. The smallest absolute Gasteiger partial charge is 0.240 e. The maximum atomic E-state index is 12.4. The number of nitrogens with zero attached hydrogens (tertiary/aromatic N) is 4. The molecule has 25 heavy (non-hydrogen) atoms. The van der Waals surface area contributed by atoms with Gasteiger partial charge < -0.3 is 0 Å². The maximum Gasteiger partial charge on any atom is 0.240 e. The second-order valence-corrected chi connectivity index (χ2v) is 7.68. The summed E-state index contributed by atoms with van der Waals surface area (Å²) in [6.45, 7) is 4.19. The Bertz CT molecular complexity index is 935. The molecule has 0 fully saturated rings. The zero-order chi connectivity index (χ0) is 17.9. The largest absolute Gasteiger partial charge is 0.262 e. The number of benzene rings is 1. The third-order valence-corrected chi connectivity index (χ3v) is 5.17. The van der Waals surface area contributed by atoms with Crippen molar-refractivity contribution >= 4 is 10.0 Å². The van der Waals surface area contributed by atoms with Crippen LogP contribution in [0.3, 0.4) is 0 Å². The Morgan fingerprint density at radius 2 is 1.92 bits per heavy atom. The molecular weight excluding hydrogens is 338 g/mol. The first-order chi connectivity index (χ1) is 12.0. The van der Waals surface area contributed by atoms with Gasteiger partial charge in [0.05, 0.1) is 35.2 Å². The van der Waals surface area contributed by atoms with Crippen molar-refractivity contribution in [1.82, 2.24) is 24.7 Å². The van der Waals surface area contributed by atoms with E-state index in [9.17, 15) is 8.42 Å². The fourth-order valence-corrected chi connectivity index (χ4v) is 3.28. The van der Waals surface area contributed by atoms with Crippen molar-refractivity contribution in [2.45, 2.75) is 31.2 Å². The van der Waals surface area contributed by atoms with E-state index < -0.39 is 10.0 Å². The van der Waals surface area contributed by atoms with Crippen molar-refractivity contribution in [2.24, 2.45) is 0 Å². The second-order valence-electron chi connectivity index (χ2n) is 5.91. The molecule has 0 saturated heterocycles. The van der Waals surface area contributed by atoms with E-state index in [0.29, 0.717) is 11.6 Å². The van der Waals surface area contributed by atoms with Crippen LogP contribution in [-0.4, -0.2) is 28.4 Å². The molecule has 0 aliphatic carbocycles. The summed E-state index contributed by atoms with van der Waals surface area (Å²) >= 11 is 0. The lowest BCUT2D eigenvalue weighted by Crippen LogP contribution is -2.23. The molecule has 7 nitrogen and oxygen atoms in total. The van der Waals surface area contributed by atoms with E-state index >= 15 is 0 Å². The van der Waals surface area contributed by atoms with Gasteiger partial charge in [0.15, 0.2) is 0 Å². The lowest BCUT2D eigenvalue weighted by Gasteiger charge is -2.08. The summed E-state index contributed by atoms with van der Waals surface area (Å²) < 4.78 is 28.9. The van der Waals surface area contributed by atoms with Crippen LogP contribution in [0, 0.1) is 0 Å². The minimum absolute atomic E-state index is 0.0640. The predicted octanol–water partition coefficient (Wildman–Crippen LogP) is 2.26. The first-order valence-corrected chi connectivity index (χ1v) is 9.35. The van der Waals surface area contributed by atoms with Gasteiger partial charge in [-0.1, -0.05) is 31.2 Å². The molecule has 0 unspecified atom stereocenters. The van der Waals surface area contributed by atoms with Crippen molar-refractivity contribution in [3.63, 3.8) is 0 Å². The number of sulfonamides is 1. The Morgan fingerprint density at radius 1 is 1.16 bits per heavy atom. The zero-order valence-electron chi connectivity index (χ0n) is 14.0. The fraction of sp³-hybridized carbons (Fsp3) is 0.235. The Hall–Kier alpha value is -2.58. The van der Waals surface area contributed by atoms with Crippen LogP contribution in [0.15, 0.2) is 59.9 Å². The number of aromatic nitrogens is 4. The molecule has 2 heterocycles. The van der Waals surface area contributed by atoms with Gasteiger partial charge in [-0.25, -0.2) is 17.8 Å². The zero-order valence-corrected chi connectivity index (χ0v) is 14.8. The molecule has 0 saturated carbocycles. The third-order valence-electron chi connectivity index (χ3n) is 3.75. The van der Waals surface area contributed by atoms with Crippen molar-refractivity contribution in [2.75, 3.05) is 0 Å². The van der Waals surface area contributed by atoms with E-state index in [0.717, 1.165) is 11.3 Å². The molecule has 3 aromatic rings. The molecule has 0 radical (unpaired) electrons. The van der Waals surface area contributed by atoms with Gasteiger partial charge in [-0.05, 0) is 35.7 Å². The van der Waals surface area contributed by atoms with Crippen molar-refractivity contribution in [3.8, 4) is 5.69 Å². The van der Waals surface area contributed by atoms with Crippen LogP contribution >= 0.6 is 0 Å². The molecule has 0 bridgehead atoms. The second kappa shape index (κ2) is 7.12. The molecule has 1 N–H and O–H groups in total. The highest BCUT2D eigenvalue weighted by Crippen LogP contribution is 2.17. The van der Waals surface area contributed by atoms with E-state index in [2.05, 4.69) is 33.9 Å². The van der Waals surface area contributed by atoms with Gasteiger partial charge in [0.1, 0.15) is 0 Å². The fourth-order valence-electron chi connectivity index (χ4n) is 2.28. The van der Waals surface area contributed by atoms with Crippen LogP contribution in [0.5, 0.6) is 0 Å². The quantitative estimate of drug-likeness (QED) is 0.731. The molecule has 0 spiro atoms. The predicted molar refractivity (Wildman–Crippen MR) is 93.7 cm³/mol. The normalized spacial score (nSPS) is 11.8. The first kappa shape index (κ1) is 17.2. The SMILES string of the molecule is CC(C)c1ccc(S(=O)(=O)NCc2cn(-c3cccnc3)nn2)cc1. The Kier molecular flexibility index (Phi) is 4.91. The molecule has 130 valence electrons. The summed E-state index contributed by atoms with van der Waals surface area (Å²) in [7, 11) is -3.60. The summed E-state index contributed by atoms with van der Waals surface area (Å²) in [6.07, 6.45) is 4.99. The Labute approximate surface area is 146 Å². The summed E-state index contributed by atoms with van der Waals surface area (Å²) in [5.74, 6) is 0.354. The Balaban J connectivity index is 1.69. The number of nitrogens with one attached hydrogen (secondary N) is 1. The molecule has 8 heteroatoms. The standard InChI is InChI=1S/C17H19N5O2S/c1-13(2)14-5-7-17(8-6-14)25(23,24)19-10-15-12-22(21-20-15)16-4-3-9-18-11-16/h3-9,11-13,19H,10H2,1-2H3. The lowest BCUT2D eigenvalue weighted by atomic mass is 10.0. The minimum Gasteiger partial charge on any atom is -0.262 e. The average Bonchev–Trinajstić information content (AvgIpc) is 3.10. The molecule has 0 atom stereocenters. The maximum absolute atomic E-state index is 12.4.